The van der Waals surface area contributed by atoms with Crippen molar-refractivity contribution in [1.82, 2.24) is 14.6 Å². The van der Waals surface area contributed by atoms with E-state index in [0.717, 1.165) is 42.5 Å². The zero-order chi connectivity index (χ0) is 32.5. The third-order valence-electron chi connectivity index (χ3n) is 7.12. The summed E-state index contributed by atoms with van der Waals surface area (Å²) in [7, 11) is -4.50. The number of aliphatic hydroxyl groups is 1. The molecule has 44 heavy (non-hydrogen) atoms. The van der Waals surface area contributed by atoms with Gasteiger partial charge in [-0.1, -0.05) is 50.3 Å². The SMILES string of the molecule is CCCC(CCC)COC(=O)[C@H](C)NP(=O)(OC[C@@]1(N=[N+]=[N-])O[C@@H](n2ccc(=O)[nH]c2=O)[C@@H](C)[C@@H]1O)Oc1ccc(Cl)cc1. The number of nitrogens with zero attached hydrogens (tertiary/aromatic N) is 4. The van der Waals surface area contributed by atoms with Gasteiger partial charge in [-0.15, -0.1) is 0 Å². The highest BCUT2D eigenvalue weighted by molar-refractivity contribution is 7.52. The highest BCUT2D eigenvalue weighted by Gasteiger charge is 2.55. The van der Waals surface area contributed by atoms with E-state index in [1.165, 1.54) is 38.1 Å². The number of hydrogen-bond acceptors (Lipinski definition) is 10. The number of benzene rings is 1. The van der Waals surface area contributed by atoms with E-state index in [1.807, 2.05) is 13.8 Å². The van der Waals surface area contributed by atoms with Gasteiger partial charge < -0.3 is 19.1 Å². The van der Waals surface area contributed by atoms with Crippen molar-refractivity contribution in [2.45, 2.75) is 77.5 Å². The number of aliphatic hydroxyl groups excluding tert-OH is 1. The number of ether oxygens (including phenoxy) is 2. The van der Waals surface area contributed by atoms with Crippen LogP contribution in [0.5, 0.6) is 5.75 Å². The molecule has 3 rings (SSSR count). The molecule has 2 aromatic rings. The summed E-state index contributed by atoms with van der Waals surface area (Å²) >= 11 is 5.96. The smallest absolute Gasteiger partial charge is 0.459 e. The zero-order valence-corrected chi connectivity index (χ0v) is 26.6. The monoisotopic (exact) mass is 656 g/mol. The van der Waals surface area contributed by atoms with E-state index in [-0.39, 0.29) is 18.3 Å². The number of aromatic nitrogens is 2. The maximum Gasteiger partial charge on any atom is 0.459 e. The van der Waals surface area contributed by atoms with Crippen LogP contribution in [0.2, 0.25) is 5.02 Å². The first-order valence-corrected chi connectivity index (χ1v) is 16.2. The Bertz CT molecular complexity index is 1480. The molecule has 17 heteroatoms. The van der Waals surface area contributed by atoms with Gasteiger partial charge in [0.05, 0.1) is 19.3 Å². The van der Waals surface area contributed by atoms with Gasteiger partial charge in [-0.25, -0.2) is 9.36 Å². The van der Waals surface area contributed by atoms with Gasteiger partial charge in [0.15, 0.2) is 5.72 Å². The van der Waals surface area contributed by atoms with E-state index in [4.69, 9.17) is 30.1 Å². The quantitative estimate of drug-likeness (QED) is 0.0748. The first-order chi connectivity index (χ1) is 20.9. The molecule has 1 aromatic heterocycles. The summed E-state index contributed by atoms with van der Waals surface area (Å²) in [4.78, 5) is 41.7. The molecule has 1 aromatic carbocycles. The normalized spacial score (nSPS) is 23.5. The van der Waals surface area contributed by atoms with E-state index in [2.05, 4.69) is 20.1 Å². The fraction of sp³-hybridized carbons (Fsp3) is 0.593. The van der Waals surface area contributed by atoms with Crippen LogP contribution in [0.3, 0.4) is 0 Å². The van der Waals surface area contributed by atoms with Crippen molar-refractivity contribution in [3.05, 3.63) is 72.8 Å². The minimum absolute atomic E-state index is 0.0634. The maximum absolute atomic E-state index is 14.1. The number of carbonyl (C=O) groups excluding carboxylic acids is 1. The van der Waals surface area contributed by atoms with Gasteiger partial charge in [0, 0.05) is 28.1 Å². The number of esters is 1. The van der Waals surface area contributed by atoms with E-state index in [0.29, 0.717) is 5.02 Å². The number of aromatic amines is 1. The fourth-order valence-corrected chi connectivity index (χ4v) is 6.48. The van der Waals surface area contributed by atoms with Gasteiger partial charge in [0.1, 0.15) is 18.0 Å². The second-order valence-corrected chi connectivity index (χ2v) is 12.7. The van der Waals surface area contributed by atoms with Gasteiger partial charge in [-0.2, -0.15) is 5.09 Å². The van der Waals surface area contributed by atoms with Gasteiger partial charge >= 0.3 is 19.4 Å². The second-order valence-electron chi connectivity index (χ2n) is 10.6. The molecule has 1 aliphatic rings. The largest absolute Gasteiger partial charge is 0.464 e. The van der Waals surface area contributed by atoms with Crippen LogP contribution in [-0.2, 0) is 23.4 Å². The minimum atomic E-state index is -4.50. The molecule has 0 saturated carbocycles. The Morgan fingerprint density at radius 3 is 2.52 bits per heavy atom. The lowest BCUT2D eigenvalue weighted by Gasteiger charge is -2.30. The zero-order valence-electron chi connectivity index (χ0n) is 24.9. The number of rotatable bonds is 16. The van der Waals surface area contributed by atoms with Crippen LogP contribution in [0.1, 0.15) is 59.6 Å². The summed E-state index contributed by atoms with van der Waals surface area (Å²) in [6.07, 6.45) is 2.04. The number of halogens is 1. The highest BCUT2D eigenvalue weighted by atomic mass is 35.5. The average molecular weight is 657 g/mol. The van der Waals surface area contributed by atoms with Crippen molar-refractivity contribution in [2.24, 2.45) is 17.0 Å². The lowest BCUT2D eigenvalue weighted by atomic mass is 9.98. The summed E-state index contributed by atoms with van der Waals surface area (Å²) in [6.45, 7) is 6.40. The fourth-order valence-electron chi connectivity index (χ4n) is 4.84. The van der Waals surface area contributed by atoms with E-state index < -0.39 is 61.6 Å². The Morgan fingerprint density at radius 1 is 1.27 bits per heavy atom. The topological polar surface area (TPSA) is 207 Å². The molecule has 15 nitrogen and oxygen atoms in total. The van der Waals surface area contributed by atoms with Gasteiger partial charge in [0.25, 0.3) is 5.56 Å². The summed E-state index contributed by atoms with van der Waals surface area (Å²) < 4.78 is 37.8. The predicted molar refractivity (Wildman–Crippen MR) is 161 cm³/mol. The Kier molecular flexibility index (Phi) is 12.6. The summed E-state index contributed by atoms with van der Waals surface area (Å²) in [5, 5.41) is 17.7. The van der Waals surface area contributed by atoms with Crippen LogP contribution in [0, 0.1) is 11.8 Å². The minimum Gasteiger partial charge on any atom is -0.464 e. The highest BCUT2D eigenvalue weighted by Crippen LogP contribution is 2.49. The molecule has 1 aliphatic heterocycles. The molecule has 1 saturated heterocycles. The Balaban J connectivity index is 1.86. The molecular weight excluding hydrogens is 619 g/mol. The van der Waals surface area contributed by atoms with E-state index >= 15 is 0 Å². The van der Waals surface area contributed by atoms with Crippen molar-refractivity contribution < 1.29 is 33.0 Å². The van der Waals surface area contributed by atoms with Crippen LogP contribution in [0.25, 0.3) is 10.4 Å². The Morgan fingerprint density at radius 2 is 1.93 bits per heavy atom. The number of carbonyl (C=O) groups is 1. The van der Waals surface area contributed by atoms with Crippen molar-refractivity contribution >= 4 is 25.3 Å². The van der Waals surface area contributed by atoms with Crippen molar-refractivity contribution in [1.29, 1.82) is 0 Å². The molecule has 2 heterocycles. The van der Waals surface area contributed by atoms with Gasteiger partial charge in [0.2, 0.25) is 0 Å². The number of azide groups is 1. The number of nitrogens with one attached hydrogen (secondary N) is 2. The Hall–Kier alpha value is -3.16. The van der Waals surface area contributed by atoms with Crippen LogP contribution in [0.15, 0.2) is 51.2 Å². The maximum atomic E-state index is 14.1. The first kappa shape index (κ1) is 35.3. The molecule has 1 unspecified atom stereocenters. The molecular formula is C27H38ClN6O9P. The molecule has 0 amide bonds. The average Bonchev–Trinajstić information content (AvgIpc) is 3.21. The van der Waals surface area contributed by atoms with Crippen molar-refractivity contribution in [2.75, 3.05) is 13.2 Å². The summed E-state index contributed by atoms with van der Waals surface area (Å²) in [6, 6.07) is 5.73. The molecule has 6 atom stereocenters. The van der Waals surface area contributed by atoms with Crippen LogP contribution >= 0.6 is 19.3 Å². The molecule has 1 fully saturated rings. The van der Waals surface area contributed by atoms with Crippen LogP contribution in [0.4, 0.5) is 0 Å². The van der Waals surface area contributed by atoms with Crippen molar-refractivity contribution in [3.8, 4) is 5.75 Å². The summed E-state index contributed by atoms with van der Waals surface area (Å²) in [5.74, 6) is -1.32. The molecule has 0 aliphatic carbocycles. The van der Waals surface area contributed by atoms with Crippen molar-refractivity contribution in [3.63, 3.8) is 0 Å². The van der Waals surface area contributed by atoms with Crippen LogP contribution < -0.4 is 20.9 Å². The molecule has 0 radical (unpaired) electrons. The number of H-pyrrole nitrogens is 1. The molecule has 3 N–H and O–H groups in total. The Labute approximate surface area is 259 Å². The standard InChI is InChI=1S/C27H38ClN6O9P/c1-5-7-19(8-6-2)15-40-25(37)18(4)31-44(39,43-21-11-9-20(28)10-12-21)41-16-27(32-33-29)23(36)17(3)24(42-27)34-14-13-22(35)30-26(34)38/h9-14,17-19,23-24,36H,5-8,15-16H2,1-4H3,(H,31,39)(H,30,35,38)/t17-,18-,23-,24+,27+,44?/m0/s1. The second kappa shape index (κ2) is 15.7. The molecule has 0 bridgehead atoms. The third-order valence-corrected chi connectivity index (χ3v) is 8.99. The van der Waals surface area contributed by atoms with Crippen LogP contribution in [-0.4, -0.2) is 51.7 Å². The first-order valence-electron chi connectivity index (χ1n) is 14.2. The van der Waals surface area contributed by atoms with E-state index in [9.17, 15) is 29.6 Å². The molecule has 0 spiro atoms. The lowest BCUT2D eigenvalue weighted by molar-refractivity contribution is -0.147. The summed E-state index contributed by atoms with van der Waals surface area (Å²) in [5.41, 5.74) is 5.68. The third kappa shape index (κ3) is 8.95. The van der Waals surface area contributed by atoms with E-state index in [1.54, 1.807) is 0 Å². The van der Waals surface area contributed by atoms with Gasteiger partial charge in [-0.3, -0.25) is 23.7 Å². The molecule has 242 valence electrons. The van der Waals surface area contributed by atoms with Gasteiger partial charge in [-0.05, 0) is 55.5 Å². The predicted octanol–water partition coefficient (Wildman–Crippen LogP) is 4.66. The number of hydrogen-bond donors (Lipinski definition) is 3. The lowest BCUT2D eigenvalue weighted by Crippen LogP contribution is -2.44.